The number of benzene rings is 1. The zero-order valence-electron chi connectivity index (χ0n) is 11.9. The molecular formula is C16H17FN2O2S. The van der Waals surface area contributed by atoms with Crippen molar-refractivity contribution < 1.29 is 14.4 Å². The van der Waals surface area contributed by atoms with E-state index in [9.17, 15) is 9.18 Å². The number of nitrogens with two attached hydrogens (primary N) is 1. The topological polar surface area (TPSA) is 66.6 Å². The third-order valence-electron chi connectivity index (χ3n) is 3.03. The summed E-state index contributed by atoms with van der Waals surface area (Å²) in [4.78, 5) is 13.0. The van der Waals surface area contributed by atoms with E-state index in [0.29, 0.717) is 5.06 Å². The van der Waals surface area contributed by atoms with E-state index in [1.165, 1.54) is 21.9 Å². The van der Waals surface area contributed by atoms with Crippen LogP contribution in [0.2, 0.25) is 0 Å². The number of urea groups is 1. The molecule has 0 saturated carbocycles. The van der Waals surface area contributed by atoms with Gasteiger partial charge in [-0.3, -0.25) is 5.21 Å². The Morgan fingerprint density at radius 2 is 1.86 bits per heavy atom. The molecule has 1 aromatic heterocycles. The summed E-state index contributed by atoms with van der Waals surface area (Å²) in [6, 6.07) is 9.72. The highest BCUT2D eigenvalue weighted by Crippen LogP contribution is 2.20. The fourth-order valence-electron chi connectivity index (χ4n) is 1.89. The molecule has 2 aromatic rings. The number of allylic oxidation sites excluding steroid dienone is 1. The second kappa shape index (κ2) is 7.72. The molecule has 0 saturated heterocycles. The van der Waals surface area contributed by atoms with Gasteiger partial charge in [-0.2, -0.15) is 0 Å². The van der Waals surface area contributed by atoms with Crippen LogP contribution < -0.4 is 5.73 Å². The number of primary amides is 1. The first kappa shape index (κ1) is 16.2. The van der Waals surface area contributed by atoms with E-state index < -0.39 is 6.03 Å². The number of hydroxylamine groups is 2. The average molecular weight is 320 g/mol. The average Bonchev–Trinajstić information content (AvgIpc) is 2.93. The number of halogens is 1. The maximum Gasteiger partial charge on any atom is 0.338 e. The van der Waals surface area contributed by atoms with Crippen LogP contribution >= 0.6 is 11.3 Å². The minimum Gasteiger partial charge on any atom is -0.350 e. The maximum absolute atomic E-state index is 12.9. The van der Waals surface area contributed by atoms with Gasteiger partial charge in [-0.15, -0.1) is 11.3 Å². The van der Waals surface area contributed by atoms with Gasteiger partial charge < -0.3 is 5.73 Å². The quantitative estimate of drug-likeness (QED) is 0.487. The minimum atomic E-state index is -0.873. The number of nitrogens with zero attached hydrogens (tertiary/aromatic N) is 1. The van der Waals surface area contributed by atoms with Crippen molar-refractivity contribution in [3.63, 3.8) is 0 Å². The van der Waals surface area contributed by atoms with Gasteiger partial charge in [0, 0.05) is 16.2 Å². The molecule has 0 spiro atoms. The smallest absolute Gasteiger partial charge is 0.338 e. The summed E-state index contributed by atoms with van der Waals surface area (Å²) >= 11 is 1.68. The Bertz CT molecular complexity index is 652. The van der Waals surface area contributed by atoms with Gasteiger partial charge >= 0.3 is 6.03 Å². The summed E-state index contributed by atoms with van der Waals surface area (Å²) < 4.78 is 12.9. The van der Waals surface area contributed by atoms with Crippen LogP contribution in [0.25, 0.3) is 0 Å². The maximum atomic E-state index is 12.9. The van der Waals surface area contributed by atoms with Crippen LogP contribution in [0.5, 0.6) is 0 Å². The van der Waals surface area contributed by atoms with E-state index in [0.717, 1.165) is 18.4 Å². The van der Waals surface area contributed by atoms with Crippen molar-refractivity contribution in [1.29, 1.82) is 0 Å². The Morgan fingerprint density at radius 3 is 2.55 bits per heavy atom. The predicted molar refractivity (Wildman–Crippen MR) is 84.4 cm³/mol. The molecule has 4 nitrogen and oxygen atoms in total. The molecule has 3 N–H and O–H groups in total. The third kappa shape index (κ3) is 4.98. The summed E-state index contributed by atoms with van der Waals surface area (Å²) in [5, 5.41) is 9.54. The van der Waals surface area contributed by atoms with Crippen LogP contribution in [0.4, 0.5) is 9.18 Å². The van der Waals surface area contributed by atoms with Crippen LogP contribution in [0, 0.1) is 5.82 Å². The highest BCUT2D eigenvalue weighted by Gasteiger charge is 2.03. The van der Waals surface area contributed by atoms with Crippen molar-refractivity contribution in [2.75, 3.05) is 6.54 Å². The highest BCUT2D eigenvalue weighted by molar-refractivity contribution is 7.12. The molecule has 0 aliphatic heterocycles. The van der Waals surface area contributed by atoms with Crippen molar-refractivity contribution >= 4 is 17.4 Å². The molecule has 0 aliphatic rings. The largest absolute Gasteiger partial charge is 0.350 e. The molecule has 1 heterocycles. The summed E-state index contributed by atoms with van der Waals surface area (Å²) in [6.07, 6.45) is 5.06. The van der Waals surface area contributed by atoms with Crippen LogP contribution in [-0.2, 0) is 12.8 Å². The van der Waals surface area contributed by atoms with Crippen molar-refractivity contribution in [3.05, 3.63) is 69.7 Å². The van der Waals surface area contributed by atoms with E-state index in [1.54, 1.807) is 29.5 Å². The summed E-state index contributed by atoms with van der Waals surface area (Å²) in [7, 11) is 0. The molecule has 0 aliphatic carbocycles. The molecule has 0 atom stereocenters. The van der Waals surface area contributed by atoms with Crippen LogP contribution in [0.1, 0.15) is 15.3 Å². The second-order valence-corrected chi connectivity index (χ2v) is 6.02. The van der Waals surface area contributed by atoms with Crippen LogP contribution in [0.15, 0.2) is 48.6 Å². The fourth-order valence-corrected chi connectivity index (χ4v) is 2.92. The molecule has 22 heavy (non-hydrogen) atoms. The van der Waals surface area contributed by atoms with E-state index in [4.69, 9.17) is 10.9 Å². The number of carbonyl (C=O) groups excluding carboxylic acids is 1. The summed E-state index contributed by atoms with van der Waals surface area (Å²) in [5.74, 6) is -0.227. The Morgan fingerprint density at radius 1 is 1.18 bits per heavy atom. The van der Waals surface area contributed by atoms with Crippen LogP contribution in [-0.4, -0.2) is 22.8 Å². The number of amides is 2. The first-order valence-electron chi connectivity index (χ1n) is 6.77. The minimum absolute atomic E-state index is 0.0726. The van der Waals surface area contributed by atoms with Gasteiger partial charge in [0.05, 0.1) is 6.54 Å². The zero-order chi connectivity index (χ0) is 15.9. The van der Waals surface area contributed by atoms with Crippen LogP contribution in [0.3, 0.4) is 0 Å². The van der Waals surface area contributed by atoms with E-state index >= 15 is 0 Å². The Labute approximate surface area is 132 Å². The zero-order valence-corrected chi connectivity index (χ0v) is 12.7. The first-order valence-corrected chi connectivity index (χ1v) is 7.59. The fraction of sp³-hybridized carbons (Fsp3) is 0.188. The van der Waals surface area contributed by atoms with Gasteiger partial charge in [-0.25, -0.2) is 14.2 Å². The number of hydrogen-bond donors (Lipinski definition) is 2. The summed E-state index contributed by atoms with van der Waals surface area (Å²) in [5.41, 5.74) is 5.97. The first-order chi connectivity index (χ1) is 10.5. The molecule has 2 amide bonds. The van der Waals surface area contributed by atoms with Crippen molar-refractivity contribution in [2.45, 2.75) is 12.8 Å². The van der Waals surface area contributed by atoms with E-state index in [1.807, 2.05) is 12.1 Å². The lowest BCUT2D eigenvalue weighted by Crippen LogP contribution is -2.32. The molecular weight excluding hydrogens is 303 g/mol. The van der Waals surface area contributed by atoms with Gasteiger partial charge in [-0.05, 0) is 36.2 Å². The van der Waals surface area contributed by atoms with Gasteiger partial charge in [0.1, 0.15) is 5.82 Å². The second-order valence-electron chi connectivity index (χ2n) is 4.77. The van der Waals surface area contributed by atoms with Crippen molar-refractivity contribution in [3.8, 4) is 0 Å². The third-order valence-corrected chi connectivity index (χ3v) is 4.13. The molecule has 2 rings (SSSR count). The number of rotatable bonds is 6. The summed E-state index contributed by atoms with van der Waals surface area (Å²) in [6.45, 7) is 0.0726. The molecule has 116 valence electrons. The lowest BCUT2D eigenvalue weighted by Gasteiger charge is -2.07. The molecule has 0 radical (unpaired) electrons. The molecule has 1 aromatic carbocycles. The number of thiophene rings is 1. The van der Waals surface area contributed by atoms with Gasteiger partial charge in [0.15, 0.2) is 0 Å². The van der Waals surface area contributed by atoms with Crippen molar-refractivity contribution in [2.24, 2.45) is 5.73 Å². The van der Waals surface area contributed by atoms with E-state index in [2.05, 4.69) is 6.07 Å². The monoisotopic (exact) mass is 320 g/mol. The van der Waals surface area contributed by atoms with Crippen molar-refractivity contribution in [1.82, 2.24) is 5.06 Å². The molecule has 6 heteroatoms. The predicted octanol–water partition coefficient (Wildman–Crippen LogP) is 3.35. The van der Waals surface area contributed by atoms with E-state index in [-0.39, 0.29) is 12.4 Å². The number of carbonyl (C=O) groups is 1. The SMILES string of the molecule is NC(=O)N(O)C/C=C/Cc1ccc(Cc2ccc(F)cc2)s1. The Balaban J connectivity index is 1.85. The standard InChI is InChI=1S/C16H17FN2O2S/c17-13-6-4-12(5-7-13)11-15-9-8-14(22-15)3-1-2-10-19(21)16(18)20/h1-2,4-9,21H,3,10-11H2,(H2,18,20)/b2-1+. The Hall–Kier alpha value is -2.18. The van der Waals surface area contributed by atoms with Gasteiger partial charge in [0.25, 0.3) is 0 Å². The molecule has 0 bridgehead atoms. The van der Waals surface area contributed by atoms with Gasteiger partial charge in [-0.1, -0.05) is 24.3 Å². The molecule has 0 fully saturated rings. The Kier molecular flexibility index (Phi) is 5.68. The number of hydrogen-bond acceptors (Lipinski definition) is 3. The molecule has 0 unspecified atom stereocenters. The van der Waals surface area contributed by atoms with Gasteiger partial charge in [0.2, 0.25) is 0 Å². The highest BCUT2D eigenvalue weighted by atomic mass is 32.1. The normalized spacial score (nSPS) is 11.0. The lowest BCUT2D eigenvalue weighted by atomic mass is 10.1. The lowest BCUT2D eigenvalue weighted by molar-refractivity contribution is -0.0288.